The van der Waals surface area contributed by atoms with Gasteiger partial charge in [-0.15, -0.1) is 0 Å². The molecule has 0 bridgehead atoms. The second-order valence-electron chi connectivity index (χ2n) is 7.22. The van der Waals surface area contributed by atoms with Gasteiger partial charge in [0.05, 0.1) is 11.0 Å². The number of hydrogen-bond donors (Lipinski definition) is 0. The van der Waals surface area contributed by atoms with Crippen molar-refractivity contribution in [3.8, 4) is 0 Å². The summed E-state index contributed by atoms with van der Waals surface area (Å²) in [5, 5.41) is 0. The van der Waals surface area contributed by atoms with Crippen molar-refractivity contribution in [1.82, 2.24) is 14.5 Å². The predicted octanol–water partition coefficient (Wildman–Crippen LogP) is 4.27. The fourth-order valence-corrected chi connectivity index (χ4v) is 3.80. The lowest BCUT2D eigenvalue weighted by atomic mass is 10.1. The highest BCUT2D eigenvalue weighted by atomic mass is 19.1. The van der Waals surface area contributed by atoms with Gasteiger partial charge in [-0.25, -0.2) is 9.37 Å². The summed E-state index contributed by atoms with van der Waals surface area (Å²) in [7, 11) is 0. The van der Waals surface area contributed by atoms with Crippen LogP contribution in [0.2, 0.25) is 0 Å². The van der Waals surface area contributed by atoms with Crippen LogP contribution in [0.15, 0.2) is 48.5 Å². The number of benzene rings is 2. The first kappa shape index (κ1) is 16.8. The third-order valence-corrected chi connectivity index (χ3v) is 5.01. The Morgan fingerprint density at radius 1 is 1.15 bits per heavy atom. The van der Waals surface area contributed by atoms with Gasteiger partial charge < -0.3 is 9.47 Å². The zero-order valence-corrected chi connectivity index (χ0v) is 15.0. The van der Waals surface area contributed by atoms with Gasteiger partial charge in [0.15, 0.2) is 0 Å². The highest BCUT2D eigenvalue weighted by molar-refractivity contribution is 5.81. The summed E-state index contributed by atoms with van der Waals surface area (Å²) in [5.41, 5.74) is 3.03. The molecule has 0 saturated carbocycles. The van der Waals surface area contributed by atoms with E-state index in [-0.39, 0.29) is 23.7 Å². The molecule has 0 N–H and O–H groups in total. The molecule has 0 unspecified atom stereocenters. The zero-order chi connectivity index (χ0) is 18.3. The first-order chi connectivity index (χ1) is 12.5. The molecule has 4 rings (SSSR count). The Morgan fingerprint density at radius 3 is 2.62 bits per heavy atom. The number of para-hydroxylation sites is 2. The second kappa shape index (κ2) is 6.56. The van der Waals surface area contributed by atoms with E-state index in [0.717, 1.165) is 22.4 Å². The minimum absolute atomic E-state index is 0.0812. The van der Waals surface area contributed by atoms with Crippen molar-refractivity contribution in [2.75, 3.05) is 6.54 Å². The first-order valence-corrected chi connectivity index (χ1v) is 9.02. The molecular weight excluding hydrogens is 329 g/mol. The van der Waals surface area contributed by atoms with Crippen molar-refractivity contribution < 1.29 is 9.18 Å². The normalized spacial score (nSPS) is 17.6. The molecule has 4 nitrogen and oxygen atoms in total. The lowest BCUT2D eigenvalue weighted by Crippen LogP contribution is -2.24. The molecule has 2 heterocycles. The Kier molecular flexibility index (Phi) is 4.23. The molecule has 1 aromatic heterocycles. The smallest absolute Gasteiger partial charge is 0.223 e. The van der Waals surface area contributed by atoms with Crippen LogP contribution in [-0.2, 0) is 11.3 Å². The van der Waals surface area contributed by atoms with Gasteiger partial charge in [0, 0.05) is 31.5 Å². The SMILES string of the molecule is CC(C)n1c([C@H]2CC(=O)N(Cc3ccc(F)cc3)C2)nc2ccccc21. The monoisotopic (exact) mass is 351 g/mol. The standard InChI is InChI=1S/C21H22FN3O/c1-14(2)25-19-6-4-3-5-18(19)23-21(25)16-11-20(26)24(13-16)12-15-7-9-17(22)10-8-15/h3-10,14,16H,11-13H2,1-2H3/t16-/m0/s1. The van der Waals surface area contributed by atoms with E-state index in [1.807, 2.05) is 23.1 Å². The van der Waals surface area contributed by atoms with Crippen LogP contribution in [0.25, 0.3) is 11.0 Å². The number of carbonyl (C=O) groups excluding carboxylic acids is 1. The third-order valence-electron chi connectivity index (χ3n) is 5.01. The molecule has 1 aliphatic rings. The lowest BCUT2D eigenvalue weighted by molar-refractivity contribution is -0.128. The van der Waals surface area contributed by atoms with Crippen molar-refractivity contribution in [2.24, 2.45) is 0 Å². The average molecular weight is 351 g/mol. The molecule has 3 aromatic rings. The van der Waals surface area contributed by atoms with E-state index in [1.165, 1.54) is 12.1 Å². The maximum atomic E-state index is 13.1. The molecule has 134 valence electrons. The minimum atomic E-state index is -0.259. The Labute approximate surface area is 152 Å². The van der Waals surface area contributed by atoms with Crippen LogP contribution < -0.4 is 0 Å². The summed E-state index contributed by atoms with van der Waals surface area (Å²) in [5.74, 6) is 0.931. The molecule has 1 atom stereocenters. The first-order valence-electron chi connectivity index (χ1n) is 9.02. The van der Waals surface area contributed by atoms with Gasteiger partial charge in [0.25, 0.3) is 0 Å². The van der Waals surface area contributed by atoms with E-state index < -0.39 is 0 Å². The molecule has 2 aromatic carbocycles. The lowest BCUT2D eigenvalue weighted by Gasteiger charge is -2.19. The van der Waals surface area contributed by atoms with Crippen LogP contribution in [0.3, 0.4) is 0 Å². The fraction of sp³-hybridized carbons (Fsp3) is 0.333. The Bertz CT molecular complexity index is 946. The quantitative estimate of drug-likeness (QED) is 0.704. The van der Waals surface area contributed by atoms with Gasteiger partial charge in [-0.3, -0.25) is 4.79 Å². The average Bonchev–Trinajstić information content (AvgIpc) is 3.18. The third kappa shape index (κ3) is 2.98. The largest absolute Gasteiger partial charge is 0.338 e. The van der Waals surface area contributed by atoms with Crippen LogP contribution in [0, 0.1) is 5.82 Å². The summed E-state index contributed by atoms with van der Waals surface area (Å²) in [6, 6.07) is 14.7. The van der Waals surface area contributed by atoms with E-state index in [0.29, 0.717) is 19.5 Å². The highest BCUT2D eigenvalue weighted by Crippen LogP contribution is 2.33. The number of hydrogen-bond acceptors (Lipinski definition) is 2. The Hall–Kier alpha value is -2.69. The molecule has 1 saturated heterocycles. The molecule has 0 radical (unpaired) electrons. The second-order valence-corrected chi connectivity index (χ2v) is 7.22. The molecular formula is C21H22FN3O. The van der Waals surface area contributed by atoms with Gasteiger partial charge >= 0.3 is 0 Å². The van der Waals surface area contributed by atoms with E-state index in [9.17, 15) is 9.18 Å². The number of aromatic nitrogens is 2. The van der Waals surface area contributed by atoms with Crippen molar-refractivity contribution >= 4 is 16.9 Å². The number of halogens is 1. The maximum absolute atomic E-state index is 13.1. The van der Waals surface area contributed by atoms with Gasteiger partial charge in [-0.1, -0.05) is 24.3 Å². The van der Waals surface area contributed by atoms with Crippen LogP contribution in [0.1, 0.15) is 43.6 Å². The van der Waals surface area contributed by atoms with Crippen LogP contribution in [-0.4, -0.2) is 26.9 Å². The summed E-state index contributed by atoms with van der Waals surface area (Å²) in [4.78, 5) is 19.2. The Morgan fingerprint density at radius 2 is 1.88 bits per heavy atom. The van der Waals surface area contributed by atoms with Crippen molar-refractivity contribution in [2.45, 2.75) is 38.8 Å². The van der Waals surface area contributed by atoms with E-state index in [1.54, 1.807) is 12.1 Å². The van der Waals surface area contributed by atoms with Gasteiger partial charge in [0.2, 0.25) is 5.91 Å². The van der Waals surface area contributed by atoms with Gasteiger partial charge in [-0.05, 0) is 43.7 Å². The summed E-state index contributed by atoms with van der Waals surface area (Å²) in [6.45, 7) is 5.44. The number of rotatable bonds is 4. The fourth-order valence-electron chi connectivity index (χ4n) is 3.80. The number of imidazole rings is 1. The number of fused-ring (bicyclic) bond motifs is 1. The Balaban J connectivity index is 1.61. The number of carbonyl (C=O) groups is 1. The molecule has 1 aliphatic heterocycles. The minimum Gasteiger partial charge on any atom is -0.338 e. The van der Waals surface area contributed by atoms with E-state index in [4.69, 9.17) is 4.98 Å². The van der Waals surface area contributed by atoms with Crippen molar-refractivity contribution in [3.63, 3.8) is 0 Å². The number of nitrogens with zero attached hydrogens (tertiary/aromatic N) is 3. The van der Waals surface area contributed by atoms with E-state index in [2.05, 4.69) is 24.5 Å². The molecule has 1 fully saturated rings. The van der Waals surface area contributed by atoms with Crippen LogP contribution >= 0.6 is 0 Å². The molecule has 0 spiro atoms. The topological polar surface area (TPSA) is 38.1 Å². The number of amides is 1. The molecule has 26 heavy (non-hydrogen) atoms. The van der Waals surface area contributed by atoms with Gasteiger partial charge in [0.1, 0.15) is 11.6 Å². The highest BCUT2D eigenvalue weighted by Gasteiger charge is 2.34. The predicted molar refractivity (Wildman–Crippen MR) is 99.3 cm³/mol. The molecule has 0 aliphatic carbocycles. The van der Waals surface area contributed by atoms with Crippen molar-refractivity contribution in [3.05, 3.63) is 65.7 Å². The van der Waals surface area contributed by atoms with E-state index >= 15 is 0 Å². The van der Waals surface area contributed by atoms with Crippen molar-refractivity contribution in [1.29, 1.82) is 0 Å². The summed E-state index contributed by atoms with van der Waals surface area (Å²) >= 11 is 0. The van der Waals surface area contributed by atoms with Crippen LogP contribution in [0.5, 0.6) is 0 Å². The number of likely N-dealkylation sites (tertiary alicyclic amines) is 1. The molecule has 5 heteroatoms. The summed E-state index contributed by atoms with van der Waals surface area (Å²) < 4.78 is 15.3. The van der Waals surface area contributed by atoms with Gasteiger partial charge in [-0.2, -0.15) is 0 Å². The summed E-state index contributed by atoms with van der Waals surface area (Å²) in [6.07, 6.45) is 0.469. The maximum Gasteiger partial charge on any atom is 0.223 e. The van der Waals surface area contributed by atoms with Crippen LogP contribution in [0.4, 0.5) is 4.39 Å². The molecule has 1 amide bonds. The zero-order valence-electron chi connectivity index (χ0n) is 15.0.